The fraction of sp³-hybridized carbons (Fsp3) is 0.148. The van der Waals surface area contributed by atoms with Crippen LogP contribution in [-0.4, -0.2) is 23.2 Å². The predicted octanol–water partition coefficient (Wildman–Crippen LogP) is 6.38. The molecule has 8 heteroatoms. The fourth-order valence-corrected chi connectivity index (χ4v) is 4.88. The molecule has 176 valence electrons. The molecule has 2 aromatic carbocycles. The second kappa shape index (κ2) is 9.64. The van der Waals surface area contributed by atoms with Crippen LogP contribution in [0.4, 0.5) is 5.69 Å². The average molecular weight is 548 g/mol. The van der Waals surface area contributed by atoms with Crippen LogP contribution in [0.2, 0.25) is 0 Å². The van der Waals surface area contributed by atoms with E-state index in [1.165, 1.54) is 7.11 Å². The third-order valence-electron chi connectivity index (χ3n) is 6.00. The number of carbonyl (C=O) groups excluding carboxylic acids is 1. The minimum absolute atomic E-state index is 0.215. The van der Waals surface area contributed by atoms with Crippen molar-refractivity contribution in [1.29, 1.82) is 0 Å². The first-order chi connectivity index (χ1) is 17.0. The molecule has 3 heterocycles. The Morgan fingerprint density at radius 2 is 1.97 bits per heavy atom. The molecule has 1 aliphatic rings. The molecule has 0 unspecified atom stereocenters. The highest BCUT2D eigenvalue weighted by Gasteiger charge is 2.42. The molecular weight excluding hydrogens is 526 g/mol. The molecule has 1 saturated heterocycles. The number of benzene rings is 2. The van der Waals surface area contributed by atoms with Gasteiger partial charge >= 0.3 is 5.97 Å². The van der Waals surface area contributed by atoms with Crippen molar-refractivity contribution in [3.63, 3.8) is 0 Å². The number of pyridine rings is 1. The van der Waals surface area contributed by atoms with Crippen molar-refractivity contribution < 1.29 is 13.9 Å². The number of thiocarbonyl (C=S) groups is 1. The minimum Gasteiger partial charge on any atom is -0.465 e. The Hall–Kier alpha value is -3.49. The van der Waals surface area contributed by atoms with Crippen LogP contribution in [0.15, 0.2) is 87.9 Å². The smallest absolute Gasteiger partial charge is 0.337 e. The predicted molar refractivity (Wildman–Crippen MR) is 142 cm³/mol. The van der Waals surface area contributed by atoms with Crippen molar-refractivity contribution >= 4 is 44.9 Å². The van der Waals surface area contributed by atoms with Gasteiger partial charge in [0.25, 0.3) is 0 Å². The van der Waals surface area contributed by atoms with Crippen molar-refractivity contribution in [3.8, 4) is 11.3 Å². The van der Waals surface area contributed by atoms with E-state index in [-0.39, 0.29) is 12.1 Å². The molecule has 4 aromatic rings. The number of furan rings is 1. The summed E-state index contributed by atoms with van der Waals surface area (Å²) in [5.41, 5.74) is 4.17. The Labute approximate surface area is 217 Å². The normalized spacial score (nSPS) is 17.3. The molecule has 0 bridgehead atoms. The number of hydrogen-bond donors (Lipinski definition) is 1. The van der Waals surface area contributed by atoms with Crippen LogP contribution in [0, 0.1) is 6.92 Å². The molecule has 1 aliphatic heterocycles. The molecule has 0 amide bonds. The van der Waals surface area contributed by atoms with Gasteiger partial charge in [-0.3, -0.25) is 4.98 Å². The molecule has 0 radical (unpaired) electrons. The summed E-state index contributed by atoms with van der Waals surface area (Å²) in [5, 5.41) is 4.04. The van der Waals surface area contributed by atoms with Crippen LogP contribution in [-0.2, 0) is 4.74 Å². The number of halogens is 1. The summed E-state index contributed by atoms with van der Waals surface area (Å²) in [6, 6.07) is 22.5. The average Bonchev–Trinajstić information content (AvgIpc) is 3.50. The van der Waals surface area contributed by atoms with Crippen LogP contribution in [0.5, 0.6) is 0 Å². The lowest BCUT2D eigenvalue weighted by Crippen LogP contribution is -2.29. The van der Waals surface area contributed by atoms with Crippen LogP contribution in [0.25, 0.3) is 11.3 Å². The third-order valence-corrected chi connectivity index (χ3v) is 7.21. The second-order valence-corrected chi connectivity index (χ2v) is 9.45. The molecule has 35 heavy (non-hydrogen) atoms. The molecule has 2 aromatic heterocycles. The van der Waals surface area contributed by atoms with Gasteiger partial charge < -0.3 is 19.4 Å². The van der Waals surface area contributed by atoms with E-state index in [0.29, 0.717) is 16.4 Å². The highest BCUT2D eigenvalue weighted by Crippen LogP contribution is 2.43. The zero-order valence-corrected chi connectivity index (χ0v) is 21.5. The van der Waals surface area contributed by atoms with Gasteiger partial charge in [-0.15, -0.1) is 0 Å². The van der Waals surface area contributed by atoms with Crippen molar-refractivity contribution in [2.45, 2.75) is 19.0 Å². The Bertz CT molecular complexity index is 1410. The van der Waals surface area contributed by atoms with E-state index in [1.54, 1.807) is 18.3 Å². The third kappa shape index (κ3) is 4.47. The van der Waals surface area contributed by atoms with Crippen LogP contribution < -0.4 is 10.2 Å². The summed E-state index contributed by atoms with van der Waals surface area (Å²) in [6.45, 7) is 2.05. The van der Waals surface area contributed by atoms with Gasteiger partial charge in [-0.2, -0.15) is 0 Å². The number of aryl methyl sites for hydroxylation is 1. The largest absolute Gasteiger partial charge is 0.465 e. The number of anilines is 1. The van der Waals surface area contributed by atoms with E-state index >= 15 is 0 Å². The Morgan fingerprint density at radius 1 is 1.11 bits per heavy atom. The molecule has 0 aliphatic carbocycles. The maximum absolute atomic E-state index is 12.0. The van der Waals surface area contributed by atoms with E-state index in [1.807, 2.05) is 61.5 Å². The number of nitrogens with zero attached hydrogens (tertiary/aromatic N) is 2. The van der Waals surface area contributed by atoms with Crippen molar-refractivity contribution in [3.05, 3.63) is 106 Å². The monoisotopic (exact) mass is 547 g/mol. The zero-order chi connectivity index (χ0) is 24.5. The first kappa shape index (κ1) is 23.3. The van der Waals surface area contributed by atoms with Crippen molar-refractivity contribution in [2.24, 2.45) is 0 Å². The maximum atomic E-state index is 12.0. The first-order valence-electron chi connectivity index (χ1n) is 11.0. The van der Waals surface area contributed by atoms with Gasteiger partial charge in [0.05, 0.1) is 24.4 Å². The lowest BCUT2D eigenvalue weighted by molar-refractivity contribution is 0.0601. The van der Waals surface area contributed by atoms with E-state index in [0.717, 1.165) is 32.7 Å². The summed E-state index contributed by atoms with van der Waals surface area (Å²) < 4.78 is 12.3. The van der Waals surface area contributed by atoms with Gasteiger partial charge in [0.2, 0.25) is 0 Å². The van der Waals surface area contributed by atoms with Crippen molar-refractivity contribution in [1.82, 2.24) is 10.3 Å². The standard InChI is InChI=1S/C27H22BrN3O3S/c1-16-14-19(9-10-20(16)28)31-25(24(30-27(31)35)21-8-3-4-13-29-21)23-12-11-22(34-23)17-6-5-7-18(15-17)26(32)33-2/h3-15,24-25H,1-2H3,(H,30,35)/t24-,25-/m0/s1. The maximum Gasteiger partial charge on any atom is 0.337 e. The summed E-state index contributed by atoms with van der Waals surface area (Å²) in [5.74, 6) is 0.985. The number of esters is 1. The van der Waals surface area contributed by atoms with Gasteiger partial charge in [0.1, 0.15) is 17.6 Å². The van der Waals surface area contributed by atoms with Gasteiger partial charge in [0, 0.05) is 21.9 Å². The lowest BCUT2D eigenvalue weighted by Gasteiger charge is -2.26. The number of nitrogens with one attached hydrogen (secondary N) is 1. The summed E-state index contributed by atoms with van der Waals surface area (Å²) in [6.07, 6.45) is 1.77. The molecular formula is C27H22BrN3O3S. The fourth-order valence-electron chi connectivity index (χ4n) is 4.28. The van der Waals surface area contributed by atoms with Gasteiger partial charge in [-0.05, 0) is 79.3 Å². The summed E-state index contributed by atoms with van der Waals surface area (Å²) in [7, 11) is 1.37. The Balaban J connectivity index is 1.58. The van der Waals surface area contributed by atoms with E-state index in [9.17, 15) is 4.79 Å². The first-order valence-corrected chi connectivity index (χ1v) is 12.2. The molecule has 1 fully saturated rings. The number of aromatic nitrogens is 1. The van der Waals surface area contributed by atoms with Crippen LogP contribution in [0.3, 0.4) is 0 Å². The number of methoxy groups -OCH3 is 1. The SMILES string of the molecule is COC(=O)c1cccc(-c2ccc([C@H]3[C@H](c4ccccn4)NC(=S)N3c3ccc(Br)c(C)c3)o2)c1. The van der Waals surface area contributed by atoms with E-state index in [4.69, 9.17) is 21.4 Å². The number of ether oxygens (including phenoxy) is 1. The quantitative estimate of drug-likeness (QED) is 0.230. The zero-order valence-electron chi connectivity index (χ0n) is 19.1. The molecule has 2 atom stereocenters. The van der Waals surface area contributed by atoms with E-state index < -0.39 is 5.97 Å². The van der Waals surface area contributed by atoms with Gasteiger partial charge in [-0.25, -0.2) is 4.79 Å². The molecule has 6 nitrogen and oxygen atoms in total. The van der Waals surface area contributed by atoms with E-state index in [2.05, 4.69) is 37.2 Å². The number of hydrogen-bond acceptors (Lipinski definition) is 5. The lowest BCUT2D eigenvalue weighted by atomic mass is 10.0. The Kier molecular flexibility index (Phi) is 6.40. The number of rotatable bonds is 5. The van der Waals surface area contributed by atoms with Gasteiger partial charge in [0.15, 0.2) is 5.11 Å². The molecule has 0 spiro atoms. The van der Waals surface area contributed by atoms with Crippen LogP contribution in [0.1, 0.15) is 39.5 Å². The number of carbonyl (C=O) groups is 1. The van der Waals surface area contributed by atoms with Gasteiger partial charge in [-0.1, -0.05) is 34.1 Å². The molecule has 0 saturated carbocycles. The summed E-state index contributed by atoms with van der Waals surface area (Å²) >= 11 is 9.38. The molecule has 5 rings (SSSR count). The highest BCUT2D eigenvalue weighted by molar-refractivity contribution is 9.10. The summed E-state index contributed by atoms with van der Waals surface area (Å²) in [4.78, 5) is 18.7. The Morgan fingerprint density at radius 3 is 2.71 bits per heavy atom. The van der Waals surface area contributed by atoms with Crippen molar-refractivity contribution in [2.75, 3.05) is 12.0 Å². The molecule has 1 N–H and O–H groups in total. The second-order valence-electron chi connectivity index (χ2n) is 8.20. The minimum atomic E-state index is -0.393. The topological polar surface area (TPSA) is 67.6 Å². The van der Waals surface area contributed by atoms with Crippen LogP contribution >= 0.6 is 28.1 Å². The highest BCUT2D eigenvalue weighted by atomic mass is 79.9.